The van der Waals surface area contributed by atoms with Crippen molar-refractivity contribution < 1.29 is 13.7 Å². The Morgan fingerprint density at radius 3 is 1.51 bits per heavy atom. The second kappa shape index (κ2) is 21.2. The van der Waals surface area contributed by atoms with E-state index in [1.807, 2.05) is 121 Å². The topological polar surface area (TPSA) is 38.7 Å². The Morgan fingerprint density at radius 2 is 0.912 bits per heavy atom. The van der Waals surface area contributed by atoms with Crippen molar-refractivity contribution in [3.8, 4) is 67.2 Å². The van der Waals surface area contributed by atoms with Crippen molar-refractivity contribution in [2.24, 2.45) is 17.8 Å². The molecule has 3 unspecified atom stereocenters. The molecular formula is C65H61N3. The number of aryl methyl sites for hydroxylation is 5. The highest BCUT2D eigenvalue weighted by Crippen LogP contribution is 2.42. The Bertz CT molecular complexity index is 3420. The van der Waals surface area contributed by atoms with Crippen LogP contribution in [0.25, 0.3) is 67.2 Å². The van der Waals surface area contributed by atoms with Gasteiger partial charge in [-0.05, 0) is 175 Å². The maximum absolute atomic E-state index is 10.1. The van der Waals surface area contributed by atoms with E-state index in [0.29, 0.717) is 60.1 Å². The molecular weight excluding hydrogens is 823 g/mol. The minimum atomic E-state index is -2.71. The third kappa shape index (κ3) is 10.8. The largest absolute Gasteiger partial charge is 0.256 e. The number of rotatable bonds is 15. The van der Waals surface area contributed by atoms with Gasteiger partial charge in [-0.25, -0.2) is 0 Å². The van der Waals surface area contributed by atoms with Crippen LogP contribution >= 0.6 is 0 Å². The van der Waals surface area contributed by atoms with E-state index in [9.17, 15) is 5.48 Å². The molecule has 3 heterocycles. The van der Waals surface area contributed by atoms with E-state index in [1.165, 1.54) is 0 Å². The van der Waals surface area contributed by atoms with Crippen molar-refractivity contribution >= 4 is 0 Å². The highest BCUT2D eigenvalue weighted by atomic mass is 14.7. The van der Waals surface area contributed by atoms with E-state index >= 15 is 0 Å². The molecule has 68 heavy (non-hydrogen) atoms. The van der Waals surface area contributed by atoms with Gasteiger partial charge in [-0.15, -0.1) is 0 Å². The maximum Gasteiger partial charge on any atom is 0.0708 e. The summed E-state index contributed by atoms with van der Waals surface area (Å²) in [6, 6.07) is 59.5. The molecule has 0 N–H and O–H groups in total. The monoisotopic (exact) mass is 894 g/mol. The van der Waals surface area contributed by atoms with Crippen LogP contribution in [-0.4, -0.2) is 15.0 Å². The lowest BCUT2D eigenvalue weighted by Gasteiger charge is -2.35. The summed E-state index contributed by atoms with van der Waals surface area (Å²) in [6.45, 7) is -5.41. The number of hydrogen-bond donors (Lipinski definition) is 0. The van der Waals surface area contributed by atoms with Crippen LogP contribution in [-0.2, 0) is 19.3 Å². The van der Waals surface area contributed by atoms with Gasteiger partial charge < -0.3 is 0 Å². The molecule has 1 fully saturated rings. The predicted molar refractivity (Wildman–Crippen MR) is 284 cm³/mol. The number of hydrogen-bond acceptors (Lipinski definition) is 3. The fourth-order valence-corrected chi connectivity index (χ4v) is 9.81. The fraction of sp³-hybridized carbons (Fsp3) is 0.215. The number of benzene rings is 6. The summed E-state index contributed by atoms with van der Waals surface area (Å²) in [5.41, 5.74) is 10.7. The van der Waals surface area contributed by atoms with Crippen molar-refractivity contribution in [1.82, 2.24) is 15.0 Å². The van der Waals surface area contributed by atoms with Crippen LogP contribution in [0.3, 0.4) is 0 Å². The van der Waals surface area contributed by atoms with Gasteiger partial charge in [0.05, 0.1) is 17.1 Å². The Labute approximate surface area is 418 Å². The molecule has 9 aromatic rings. The average molecular weight is 894 g/mol. The molecule has 3 heteroatoms. The predicted octanol–water partition coefficient (Wildman–Crippen LogP) is 16.7. The molecule has 1 saturated carbocycles. The van der Waals surface area contributed by atoms with Gasteiger partial charge in [-0.3, -0.25) is 15.0 Å². The van der Waals surface area contributed by atoms with Crippen LogP contribution in [0.15, 0.2) is 207 Å². The Morgan fingerprint density at radius 1 is 0.412 bits per heavy atom. The van der Waals surface area contributed by atoms with Crippen molar-refractivity contribution in [2.45, 2.75) is 71.4 Å². The molecule has 0 aliphatic heterocycles. The molecule has 10 rings (SSSR count). The van der Waals surface area contributed by atoms with E-state index in [1.54, 1.807) is 54.9 Å². The summed E-state index contributed by atoms with van der Waals surface area (Å²) in [4.78, 5) is 14.5. The first kappa shape index (κ1) is 34.1. The fourth-order valence-electron chi connectivity index (χ4n) is 9.81. The molecule has 0 saturated heterocycles. The smallest absolute Gasteiger partial charge is 0.0708 e. The molecule has 1 aliphatic carbocycles. The number of aromatic nitrogens is 3. The zero-order valence-electron chi connectivity index (χ0n) is 48.2. The third-order valence-electron chi connectivity index (χ3n) is 13.4. The minimum Gasteiger partial charge on any atom is -0.256 e. The van der Waals surface area contributed by atoms with Gasteiger partial charge in [0.2, 0.25) is 0 Å². The molecule has 0 bridgehead atoms. The van der Waals surface area contributed by atoms with Crippen molar-refractivity contribution in [3.63, 3.8) is 0 Å². The van der Waals surface area contributed by atoms with Gasteiger partial charge >= 0.3 is 0 Å². The van der Waals surface area contributed by atoms with Gasteiger partial charge in [-0.1, -0.05) is 164 Å². The highest BCUT2D eigenvalue weighted by Gasteiger charge is 2.29. The van der Waals surface area contributed by atoms with Gasteiger partial charge in [0.15, 0.2) is 0 Å². The van der Waals surface area contributed by atoms with Crippen LogP contribution < -0.4 is 0 Å². The average Bonchev–Trinajstić information content (AvgIpc) is 3.65. The zero-order chi connectivity index (χ0) is 54.7. The summed E-state index contributed by atoms with van der Waals surface area (Å²) >= 11 is 0. The van der Waals surface area contributed by atoms with Crippen LogP contribution in [0.2, 0.25) is 0 Å². The first-order chi connectivity index (χ1) is 37.4. The molecule has 3 atom stereocenters. The Kier molecular flexibility index (Phi) is 10.6. The summed E-state index contributed by atoms with van der Waals surface area (Å²) in [5, 5.41) is 0. The van der Waals surface area contributed by atoms with Crippen LogP contribution in [0.5, 0.6) is 0 Å². The zero-order valence-corrected chi connectivity index (χ0v) is 38.2. The normalized spacial score (nSPS) is 18.8. The van der Waals surface area contributed by atoms with Crippen molar-refractivity contribution in [3.05, 3.63) is 234 Å². The van der Waals surface area contributed by atoms with E-state index in [4.69, 9.17) is 23.2 Å². The SMILES string of the molecule is [2H]C([2H])([2H])c1cc(-c2cc(-c3ccccc3)ncc2CC([2H])([2H])C2CC(CCc3ccc(-c4ccccc4)nc3)CC(C([2H])([2H])Cc3ccc(-c4cccc(-c5ccccc5)c4)nc3)C2)cc(C([2H])([2H])[2H])c1-c1ccccc1. The number of nitrogens with zero attached hydrogens (tertiary/aromatic N) is 3. The molecule has 6 aromatic carbocycles. The molecule has 1 aliphatic rings. The molecule has 0 radical (unpaired) electrons. The summed E-state index contributed by atoms with van der Waals surface area (Å²) in [6.07, 6.45) is 4.47. The lowest BCUT2D eigenvalue weighted by atomic mass is 9.70. The quantitative estimate of drug-likeness (QED) is 0.103. The second-order valence-electron chi connectivity index (χ2n) is 18.1. The summed E-state index contributed by atoms with van der Waals surface area (Å²) < 4.78 is 92.2. The molecule has 3 aromatic heterocycles. The first-order valence-corrected chi connectivity index (χ1v) is 23.8. The van der Waals surface area contributed by atoms with Gasteiger partial charge in [0.1, 0.15) is 0 Å². The third-order valence-corrected chi connectivity index (χ3v) is 13.4. The van der Waals surface area contributed by atoms with Crippen LogP contribution in [0.4, 0.5) is 0 Å². The first-order valence-electron chi connectivity index (χ1n) is 28.8. The van der Waals surface area contributed by atoms with Crippen LogP contribution in [0.1, 0.15) is 80.0 Å². The summed E-state index contributed by atoms with van der Waals surface area (Å²) in [7, 11) is 0. The lowest BCUT2D eigenvalue weighted by Crippen LogP contribution is -2.24. The summed E-state index contributed by atoms with van der Waals surface area (Å²) in [5.74, 6) is -1.09. The highest BCUT2D eigenvalue weighted by molar-refractivity contribution is 5.80. The minimum absolute atomic E-state index is 0.0163. The second-order valence-corrected chi connectivity index (χ2v) is 18.1. The van der Waals surface area contributed by atoms with E-state index < -0.39 is 38.3 Å². The molecule has 0 amide bonds. The van der Waals surface area contributed by atoms with Gasteiger partial charge in [0, 0.05) is 49.0 Å². The number of pyridine rings is 3. The van der Waals surface area contributed by atoms with Crippen LogP contribution in [0, 0.1) is 31.5 Å². The molecule has 3 nitrogen and oxygen atoms in total. The molecule has 0 spiro atoms. The maximum atomic E-state index is 10.1. The van der Waals surface area contributed by atoms with Gasteiger partial charge in [-0.2, -0.15) is 0 Å². The van der Waals surface area contributed by atoms with Crippen molar-refractivity contribution in [2.75, 3.05) is 0 Å². The van der Waals surface area contributed by atoms with E-state index in [0.717, 1.165) is 50.3 Å². The van der Waals surface area contributed by atoms with Crippen molar-refractivity contribution in [1.29, 1.82) is 0 Å². The van der Waals surface area contributed by atoms with E-state index in [2.05, 4.69) is 30.3 Å². The standard InChI is InChI=1S/C65H61N3/c1-46-36-60(37-47(2)65(46)56-22-13-6-14-23-56)61-42-64(55-20-11-5-12-21-55)68-45-59(61)33-30-52-39-50(28-26-48-31-34-62(66-43-48)54-18-9-4-10-19-54)38-51(40-52)29-27-49-32-35-63(67-44-49)58-25-15-24-57(41-58)53-16-7-3-8-17-53/h3-25,31-32,34-37,41-45,50-52H,26-30,33,38-40H2,1-2H3/i1D3,2D3,29D2,30D2. The van der Waals surface area contributed by atoms with Gasteiger partial charge in [0.25, 0.3) is 0 Å². The Balaban J connectivity index is 0.982. The Hall–Kier alpha value is -7.23. The van der Waals surface area contributed by atoms with E-state index in [-0.39, 0.29) is 35.4 Å². The molecule has 336 valence electrons. The lowest BCUT2D eigenvalue weighted by molar-refractivity contribution is 0.172.